The highest BCUT2D eigenvalue weighted by Crippen LogP contribution is 2.20. The summed E-state index contributed by atoms with van der Waals surface area (Å²) in [4.78, 5) is 21.5. The van der Waals surface area contributed by atoms with Gasteiger partial charge in [0.05, 0.1) is 17.4 Å². The highest BCUT2D eigenvalue weighted by molar-refractivity contribution is 6.06. The Morgan fingerprint density at radius 2 is 2.13 bits per heavy atom. The molecule has 2 N–H and O–H groups in total. The van der Waals surface area contributed by atoms with Gasteiger partial charge in [0.1, 0.15) is 0 Å². The molecule has 2 aromatic heterocycles. The molecule has 0 unspecified atom stereocenters. The lowest BCUT2D eigenvalue weighted by atomic mass is 10.1. The summed E-state index contributed by atoms with van der Waals surface area (Å²) >= 11 is 0. The maximum Gasteiger partial charge on any atom is 0.268 e. The molecule has 4 rings (SSSR count). The highest BCUT2D eigenvalue weighted by atomic mass is 16.6. The Morgan fingerprint density at radius 3 is 3.00 bits per heavy atom. The molecule has 114 valence electrons. The number of aromatic nitrogens is 3. The van der Waals surface area contributed by atoms with E-state index in [0.717, 1.165) is 22.2 Å². The lowest BCUT2D eigenvalue weighted by Crippen LogP contribution is -2.28. The average Bonchev–Trinajstić information content (AvgIpc) is 3.24. The van der Waals surface area contributed by atoms with Crippen LogP contribution in [0.25, 0.3) is 10.9 Å². The maximum atomic E-state index is 12.3. The van der Waals surface area contributed by atoms with Crippen molar-refractivity contribution >= 4 is 28.2 Å². The van der Waals surface area contributed by atoms with Crippen LogP contribution in [-0.2, 0) is 9.63 Å². The van der Waals surface area contributed by atoms with Gasteiger partial charge in [-0.3, -0.25) is 14.9 Å². The number of anilines is 1. The molecule has 0 bridgehead atoms. The average molecular weight is 307 g/mol. The van der Waals surface area contributed by atoms with E-state index in [1.807, 2.05) is 30.3 Å². The number of carbonyl (C=O) groups is 1. The van der Waals surface area contributed by atoms with Crippen molar-refractivity contribution in [1.29, 1.82) is 0 Å². The van der Waals surface area contributed by atoms with E-state index in [9.17, 15) is 4.79 Å². The second kappa shape index (κ2) is 5.53. The van der Waals surface area contributed by atoms with Crippen molar-refractivity contribution in [2.45, 2.75) is 12.5 Å². The number of rotatable bonds is 3. The molecular formula is C16H13N5O2. The Kier molecular flexibility index (Phi) is 3.23. The molecule has 3 aromatic rings. The minimum atomic E-state index is -0.627. The fourth-order valence-electron chi connectivity index (χ4n) is 2.48. The highest BCUT2D eigenvalue weighted by Gasteiger charge is 2.28. The molecule has 23 heavy (non-hydrogen) atoms. The first-order valence-electron chi connectivity index (χ1n) is 7.17. The first-order chi connectivity index (χ1) is 11.3. The van der Waals surface area contributed by atoms with Gasteiger partial charge in [0.25, 0.3) is 5.91 Å². The number of nitrogens with one attached hydrogen (secondary N) is 2. The van der Waals surface area contributed by atoms with Crippen LogP contribution < -0.4 is 5.32 Å². The van der Waals surface area contributed by atoms with Crippen molar-refractivity contribution < 1.29 is 9.63 Å². The first kappa shape index (κ1) is 13.4. The third-order valence-electron chi connectivity index (χ3n) is 3.68. The number of aromatic amines is 1. The molecule has 0 radical (unpaired) electrons. The quantitative estimate of drug-likeness (QED) is 0.775. The Balaban J connectivity index is 1.44. The predicted octanol–water partition coefficient (Wildman–Crippen LogP) is 2.09. The van der Waals surface area contributed by atoms with Crippen molar-refractivity contribution in [2.24, 2.45) is 5.16 Å². The maximum absolute atomic E-state index is 12.3. The van der Waals surface area contributed by atoms with Gasteiger partial charge in [0.2, 0.25) is 6.10 Å². The summed E-state index contributed by atoms with van der Waals surface area (Å²) in [5.74, 6) is -0.222. The minimum absolute atomic E-state index is 0.222. The molecule has 0 saturated carbocycles. The van der Waals surface area contributed by atoms with Crippen LogP contribution in [0.2, 0.25) is 0 Å². The van der Waals surface area contributed by atoms with Crippen LogP contribution >= 0.6 is 0 Å². The van der Waals surface area contributed by atoms with E-state index in [0.29, 0.717) is 12.1 Å². The van der Waals surface area contributed by atoms with Crippen LogP contribution in [0.5, 0.6) is 0 Å². The van der Waals surface area contributed by atoms with Gasteiger partial charge in [-0.25, -0.2) is 0 Å². The van der Waals surface area contributed by atoms with E-state index >= 15 is 0 Å². The van der Waals surface area contributed by atoms with E-state index < -0.39 is 6.10 Å². The molecule has 0 aliphatic carbocycles. The van der Waals surface area contributed by atoms with E-state index in [4.69, 9.17) is 4.84 Å². The molecule has 7 nitrogen and oxygen atoms in total. The zero-order valence-electron chi connectivity index (χ0n) is 12.1. The number of pyridine rings is 1. The van der Waals surface area contributed by atoms with E-state index in [1.165, 1.54) is 0 Å². The molecule has 1 aliphatic rings. The number of amides is 1. The number of hydrogen-bond donors (Lipinski definition) is 2. The summed E-state index contributed by atoms with van der Waals surface area (Å²) in [6.45, 7) is 0. The lowest BCUT2D eigenvalue weighted by Gasteiger charge is -2.09. The Labute approximate surface area is 131 Å². The summed E-state index contributed by atoms with van der Waals surface area (Å²) in [6.07, 6.45) is 4.89. The minimum Gasteiger partial charge on any atom is -0.382 e. The van der Waals surface area contributed by atoms with Crippen LogP contribution in [0, 0.1) is 0 Å². The SMILES string of the molecule is O=C(Nc1ccc2[nH]ncc2c1)[C@H]1CC(c2ccncc2)=NO1. The van der Waals surface area contributed by atoms with Gasteiger partial charge >= 0.3 is 0 Å². The fraction of sp³-hybridized carbons (Fsp3) is 0.125. The Bertz CT molecular complexity index is 888. The normalized spacial score (nSPS) is 16.9. The number of H-pyrrole nitrogens is 1. The van der Waals surface area contributed by atoms with Gasteiger partial charge in [-0.15, -0.1) is 0 Å². The van der Waals surface area contributed by atoms with Gasteiger partial charge in [0, 0.05) is 35.5 Å². The third kappa shape index (κ3) is 2.64. The second-order valence-corrected chi connectivity index (χ2v) is 5.23. The van der Waals surface area contributed by atoms with Crippen LogP contribution in [0.1, 0.15) is 12.0 Å². The summed E-state index contributed by atoms with van der Waals surface area (Å²) < 4.78 is 0. The van der Waals surface area contributed by atoms with E-state index in [2.05, 4.69) is 25.7 Å². The molecule has 0 saturated heterocycles. The van der Waals surface area contributed by atoms with Crippen LogP contribution in [-0.4, -0.2) is 32.9 Å². The first-order valence-corrected chi connectivity index (χ1v) is 7.17. The molecule has 0 spiro atoms. The van der Waals surface area contributed by atoms with Crippen LogP contribution in [0.3, 0.4) is 0 Å². The number of oxime groups is 1. The number of benzene rings is 1. The van der Waals surface area contributed by atoms with Crippen molar-refractivity contribution in [3.63, 3.8) is 0 Å². The summed E-state index contributed by atoms with van der Waals surface area (Å²) in [6, 6.07) is 9.23. The fourth-order valence-corrected chi connectivity index (χ4v) is 2.48. The lowest BCUT2D eigenvalue weighted by molar-refractivity contribution is -0.125. The Morgan fingerprint density at radius 1 is 1.26 bits per heavy atom. The largest absolute Gasteiger partial charge is 0.382 e. The molecule has 1 atom stereocenters. The van der Waals surface area contributed by atoms with Crippen LogP contribution in [0.15, 0.2) is 54.1 Å². The number of carbonyl (C=O) groups excluding carboxylic acids is 1. The zero-order chi connectivity index (χ0) is 15.6. The monoisotopic (exact) mass is 307 g/mol. The number of fused-ring (bicyclic) bond motifs is 1. The smallest absolute Gasteiger partial charge is 0.268 e. The molecule has 1 aromatic carbocycles. The standard InChI is InChI=1S/C16H13N5O2/c22-16(19-12-1-2-13-11(7-12)9-18-20-13)15-8-14(21-23-15)10-3-5-17-6-4-10/h1-7,9,15H,8H2,(H,18,20)(H,19,22)/t15-/m1/s1. The van der Waals surface area contributed by atoms with Gasteiger partial charge in [-0.2, -0.15) is 5.10 Å². The van der Waals surface area contributed by atoms with Crippen molar-refractivity contribution in [3.8, 4) is 0 Å². The van der Waals surface area contributed by atoms with E-state index in [1.54, 1.807) is 18.6 Å². The molecule has 1 aliphatic heterocycles. The van der Waals surface area contributed by atoms with Gasteiger partial charge in [-0.1, -0.05) is 5.16 Å². The molecule has 7 heteroatoms. The third-order valence-corrected chi connectivity index (χ3v) is 3.68. The second-order valence-electron chi connectivity index (χ2n) is 5.23. The summed E-state index contributed by atoms with van der Waals surface area (Å²) in [5, 5.41) is 14.6. The topological polar surface area (TPSA) is 92.3 Å². The molecular weight excluding hydrogens is 294 g/mol. The molecule has 3 heterocycles. The van der Waals surface area contributed by atoms with Crippen molar-refractivity contribution in [1.82, 2.24) is 15.2 Å². The van der Waals surface area contributed by atoms with Gasteiger partial charge < -0.3 is 10.2 Å². The summed E-state index contributed by atoms with van der Waals surface area (Å²) in [7, 11) is 0. The number of hydrogen-bond acceptors (Lipinski definition) is 5. The van der Waals surface area contributed by atoms with Crippen molar-refractivity contribution in [3.05, 3.63) is 54.5 Å². The molecule has 0 fully saturated rings. The van der Waals surface area contributed by atoms with Crippen molar-refractivity contribution in [2.75, 3.05) is 5.32 Å². The zero-order valence-corrected chi connectivity index (χ0v) is 12.1. The Hall–Kier alpha value is -3.22. The molecule has 1 amide bonds. The van der Waals surface area contributed by atoms with Gasteiger partial charge in [-0.05, 0) is 30.3 Å². The summed E-state index contributed by atoms with van der Waals surface area (Å²) in [5.41, 5.74) is 3.28. The van der Waals surface area contributed by atoms with Crippen LogP contribution in [0.4, 0.5) is 5.69 Å². The van der Waals surface area contributed by atoms with E-state index in [-0.39, 0.29) is 5.91 Å². The van der Waals surface area contributed by atoms with Gasteiger partial charge in [0.15, 0.2) is 0 Å². The predicted molar refractivity (Wildman–Crippen MR) is 85.0 cm³/mol. The number of nitrogens with zero attached hydrogens (tertiary/aromatic N) is 3.